The summed E-state index contributed by atoms with van der Waals surface area (Å²) in [5, 5.41) is 2.99. The zero-order valence-electron chi connectivity index (χ0n) is 23.4. The van der Waals surface area contributed by atoms with E-state index in [2.05, 4.69) is 35.9 Å². The summed E-state index contributed by atoms with van der Waals surface area (Å²) >= 11 is 0. The number of carbonyl (C=O) groups excluding carboxylic acids is 1. The van der Waals surface area contributed by atoms with Crippen LogP contribution >= 0.6 is 0 Å². The fraction of sp³-hybridized carbons (Fsp3) is 0.355. The highest BCUT2D eigenvalue weighted by molar-refractivity contribution is 5.95. The molecule has 1 N–H and O–H groups in total. The van der Waals surface area contributed by atoms with Gasteiger partial charge in [-0.25, -0.2) is 4.98 Å². The van der Waals surface area contributed by atoms with Crippen molar-refractivity contribution in [3.05, 3.63) is 77.1 Å². The number of hydrogen-bond donors (Lipinski definition) is 1. The molecule has 0 atom stereocenters. The monoisotopic (exact) mass is 531 g/mol. The van der Waals surface area contributed by atoms with E-state index >= 15 is 0 Å². The van der Waals surface area contributed by atoms with Crippen LogP contribution in [0.3, 0.4) is 0 Å². The molecule has 1 aromatic heterocycles. The van der Waals surface area contributed by atoms with Crippen LogP contribution < -0.4 is 24.3 Å². The predicted molar refractivity (Wildman–Crippen MR) is 153 cm³/mol. The molecular weight excluding hydrogens is 494 g/mol. The number of nitrogens with one attached hydrogen (secondary N) is 1. The van der Waals surface area contributed by atoms with Crippen LogP contribution in [0.15, 0.2) is 54.6 Å². The summed E-state index contributed by atoms with van der Waals surface area (Å²) in [4.78, 5) is 17.7. The molecule has 1 amide bonds. The molecule has 8 heteroatoms. The summed E-state index contributed by atoms with van der Waals surface area (Å²) in [5.41, 5.74) is 4.94. The third-order valence-corrected chi connectivity index (χ3v) is 6.86. The number of nitrogens with zero attached hydrogens (tertiary/aromatic N) is 2. The van der Waals surface area contributed by atoms with Crippen molar-refractivity contribution in [2.24, 2.45) is 0 Å². The first-order chi connectivity index (χ1) is 19.0. The smallest absolute Gasteiger partial charge is 0.251 e. The van der Waals surface area contributed by atoms with E-state index in [1.165, 1.54) is 32.5 Å². The number of aromatic nitrogens is 2. The summed E-state index contributed by atoms with van der Waals surface area (Å²) < 4.78 is 24.4. The van der Waals surface area contributed by atoms with Crippen molar-refractivity contribution in [3.8, 4) is 23.0 Å². The van der Waals surface area contributed by atoms with Gasteiger partial charge >= 0.3 is 0 Å². The lowest BCUT2D eigenvalue weighted by Gasteiger charge is -2.14. The minimum Gasteiger partial charge on any atom is -0.493 e. The molecule has 3 aromatic carbocycles. The maximum absolute atomic E-state index is 12.8. The Labute approximate surface area is 229 Å². The van der Waals surface area contributed by atoms with Crippen molar-refractivity contribution in [1.82, 2.24) is 14.9 Å². The van der Waals surface area contributed by atoms with Gasteiger partial charge in [-0.05, 0) is 68.1 Å². The molecule has 4 aromatic rings. The molecule has 0 spiro atoms. The van der Waals surface area contributed by atoms with Gasteiger partial charge in [-0.1, -0.05) is 24.3 Å². The molecule has 0 saturated carbocycles. The second kappa shape index (κ2) is 13.0. The second-order valence-electron chi connectivity index (χ2n) is 9.34. The van der Waals surface area contributed by atoms with Crippen LogP contribution in [0.2, 0.25) is 0 Å². The van der Waals surface area contributed by atoms with Crippen LogP contribution in [0.25, 0.3) is 11.0 Å². The lowest BCUT2D eigenvalue weighted by molar-refractivity contribution is 0.0952. The quantitative estimate of drug-likeness (QED) is 0.229. The van der Waals surface area contributed by atoms with Gasteiger partial charge in [0.15, 0.2) is 11.5 Å². The molecule has 0 fully saturated rings. The average molecular weight is 532 g/mol. The Balaban J connectivity index is 1.36. The number of ether oxygens (including phenoxy) is 4. The van der Waals surface area contributed by atoms with Gasteiger partial charge in [0.25, 0.3) is 5.91 Å². The largest absolute Gasteiger partial charge is 0.493 e. The van der Waals surface area contributed by atoms with Gasteiger partial charge in [-0.15, -0.1) is 0 Å². The molecule has 8 nitrogen and oxygen atoms in total. The van der Waals surface area contributed by atoms with Crippen molar-refractivity contribution in [2.45, 2.75) is 39.7 Å². The van der Waals surface area contributed by atoms with Crippen molar-refractivity contribution in [3.63, 3.8) is 0 Å². The van der Waals surface area contributed by atoms with Crippen molar-refractivity contribution >= 4 is 16.9 Å². The number of aryl methyl sites for hydroxylation is 3. The molecule has 0 saturated heterocycles. The summed E-state index contributed by atoms with van der Waals surface area (Å²) in [6.45, 7) is 6.12. The second-order valence-corrected chi connectivity index (χ2v) is 9.34. The van der Waals surface area contributed by atoms with Crippen LogP contribution in [-0.4, -0.2) is 49.9 Å². The first kappa shape index (κ1) is 27.8. The van der Waals surface area contributed by atoms with Crippen LogP contribution in [0.5, 0.6) is 23.0 Å². The Hall–Kier alpha value is -4.20. The predicted octanol–water partition coefficient (Wildman–Crippen LogP) is 5.51. The maximum atomic E-state index is 12.8. The minimum absolute atomic E-state index is 0.202. The Morgan fingerprint density at radius 3 is 2.36 bits per heavy atom. The standard InChI is InChI=1S/C31H37N3O5/c1-21-11-8-14-26(22(21)2)39-18-10-17-34-25-13-7-6-12-24(25)33-29(34)15-9-16-32-31(35)23-19-27(36-3)30(38-5)28(20-23)37-4/h6-8,11-14,19-20H,9-10,15-18H2,1-5H3,(H,32,35). The lowest BCUT2D eigenvalue weighted by Crippen LogP contribution is -2.25. The minimum atomic E-state index is -0.202. The molecule has 206 valence electrons. The molecule has 0 unspecified atom stereocenters. The van der Waals surface area contributed by atoms with E-state index < -0.39 is 0 Å². The van der Waals surface area contributed by atoms with Crippen LogP contribution in [0, 0.1) is 13.8 Å². The highest BCUT2D eigenvalue weighted by Gasteiger charge is 2.17. The van der Waals surface area contributed by atoms with Crippen molar-refractivity contribution in [1.29, 1.82) is 0 Å². The Morgan fingerprint density at radius 2 is 1.64 bits per heavy atom. The molecule has 39 heavy (non-hydrogen) atoms. The number of rotatable bonds is 13. The van der Waals surface area contributed by atoms with Gasteiger partial charge in [0, 0.05) is 25.1 Å². The number of amides is 1. The van der Waals surface area contributed by atoms with E-state index in [-0.39, 0.29) is 5.91 Å². The fourth-order valence-electron chi connectivity index (χ4n) is 4.61. The van der Waals surface area contributed by atoms with Crippen LogP contribution in [0.4, 0.5) is 0 Å². The third kappa shape index (κ3) is 6.45. The van der Waals surface area contributed by atoms with E-state index in [4.69, 9.17) is 23.9 Å². The zero-order chi connectivity index (χ0) is 27.8. The Morgan fingerprint density at radius 1 is 0.897 bits per heavy atom. The van der Waals surface area contributed by atoms with Gasteiger partial charge in [0.05, 0.1) is 39.0 Å². The SMILES string of the molecule is COc1cc(C(=O)NCCCc2nc3ccccc3n2CCCOc2cccc(C)c2C)cc(OC)c1OC. The molecule has 0 aliphatic heterocycles. The number of imidazole rings is 1. The molecule has 1 heterocycles. The molecular formula is C31H37N3O5. The van der Waals surface area contributed by atoms with E-state index in [0.717, 1.165) is 48.4 Å². The van der Waals surface area contributed by atoms with E-state index in [0.29, 0.717) is 36.0 Å². The van der Waals surface area contributed by atoms with Gasteiger partial charge in [0.2, 0.25) is 5.75 Å². The average Bonchev–Trinajstić information content (AvgIpc) is 3.31. The highest BCUT2D eigenvalue weighted by atomic mass is 16.5. The lowest BCUT2D eigenvalue weighted by atomic mass is 10.1. The van der Waals surface area contributed by atoms with Crippen molar-refractivity contribution < 1.29 is 23.7 Å². The van der Waals surface area contributed by atoms with Gasteiger partial charge < -0.3 is 28.8 Å². The molecule has 0 radical (unpaired) electrons. The van der Waals surface area contributed by atoms with Gasteiger partial charge in [-0.2, -0.15) is 0 Å². The number of carbonyl (C=O) groups is 1. The number of para-hydroxylation sites is 2. The first-order valence-corrected chi connectivity index (χ1v) is 13.2. The number of fused-ring (bicyclic) bond motifs is 1. The normalized spacial score (nSPS) is 10.9. The molecule has 0 aliphatic carbocycles. The highest BCUT2D eigenvalue weighted by Crippen LogP contribution is 2.38. The molecule has 0 bridgehead atoms. The van der Waals surface area contributed by atoms with Crippen LogP contribution in [0.1, 0.15) is 40.2 Å². The maximum Gasteiger partial charge on any atom is 0.251 e. The summed E-state index contributed by atoms with van der Waals surface area (Å²) in [6, 6.07) is 17.6. The Bertz CT molecular complexity index is 1400. The first-order valence-electron chi connectivity index (χ1n) is 13.2. The Kier molecular flexibility index (Phi) is 9.31. The van der Waals surface area contributed by atoms with E-state index in [1.54, 1.807) is 12.1 Å². The summed E-state index contributed by atoms with van der Waals surface area (Å²) in [5.74, 6) is 3.08. The zero-order valence-corrected chi connectivity index (χ0v) is 23.4. The fourth-order valence-corrected chi connectivity index (χ4v) is 4.61. The number of methoxy groups -OCH3 is 3. The van der Waals surface area contributed by atoms with Gasteiger partial charge in [0.1, 0.15) is 11.6 Å². The molecule has 0 aliphatic rings. The topological polar surface area (TPSA) is 83.8 Å². The number of hydrogen-bond acceptors (Lipinski definition) is 6. The van der Waals surface area contributed by atoms with Gasteiger partial charge in [-0.3, -0.25) is 4.79 Å². The number of benzene rings is 3. The third-order valence-electron chi connectivity index (χ3n) is 6.86. The van der Waals surface area contributed by atoms with Crippen molar-refractivity contribution in [2.75, 3.05) is 34.5 Å². The summed E-state index contributed by atoms with van der Waals surface area (Å²) in [7, 11) is 4.59. The van der Waals surface area contributed by atoms with Crippen LogP contribution in [-0.2, 0) is 13.0 Å². The summed E-state index contributed by atoms with van der Waals surface area (Å²) in [6.07, 6.45) is 2.35. The van der Waals surface area contributed by atoms with E-state index in [1.807, 2.05) is 30.3 Å². The molecule has 4 rings (SSSR count). The van der Waals surface area contributed by atoms with E-state index in [9.17, 15) is 4.79 Å².